The molecule has 4 aromatic rings. The van der Waals surface area contributed by atoms with Crippen molar-refractivity contribution in [2.45, 2.75) is 33.2 Å². The molecule has 0 aliphatic carbocycles. The van der Waals surface area contributed by atoms with E-state index in [1.807, 2.05) is 6.92 Å². The summed E-state index contributed by atoms with van der Waals surface area (Å²) in [7, 11) is 3.00. The number of rotatable bonds is 4. The van der Waals surface area contributed by atoms with Crippen molar-refractivity contribution in [2.24, 2.45) is 0 Å². The van der Waals surface area contributed by atoms with Gasteiger partial charge >= 0.3 is 17.5 Å². The van der Waals surface area contributed by atoms with Crippen LogP contribution in [0.4, 0.5) is 10.1 Å². The van der Waals surface area contributed by atoms with Gasteiger partial charge in [-0.15, -0.1) is 0 Å². The first kappa shape index (κ1) is 26.1. The Labute approximate surface area is 224 Å². The fourth-order valence-corrected chi connectivity index (χ4v) is 4.89. The van der Waals surface area contributed by atoms with Gasteiger partial charge in [-0.25, -0.2) is 13.9 Å². The van der Waals surface area contributed by atoms with Crippen LogP contribution in [0.1, 0.15) is 35.3 Å². The molecule has 202 valence electrons. The largest absolute Gasteiger partial charge is 0.341 e. The molecule has 0 fully saturated rings. The van der Waals surface area contributed by atoms with E-state index in [4.69, 9.17) is 5.10 Å². The Bertz CT molecular complexity index is 1620. The molecule has 11 heteroatoms. The number of nitrogens with zero attached hydrogens (tertiary/aromatic N) is 5. The van der Waals surface area contributed by atoms with Crippen LogP contribution in [0.15, 0.2) is 53.6 Å². The second kappa shape index (κ2) is 9.99. The van der Waals surface area contributed by atoms with E-state index in [1.54, 1.807) is 71.9 Å². The molecule has 1 aliphatic heterocycles. The van der Waals surface area contributed by atoms with Crippen LogP contribution in [-0.4, -0.2) is 56.3 Å². The number of nitrogens with one attached hydrogen (secondary N) is 2. The number of benzene rings is 2. The monoisotopic (exact) mass is 531 g/mol. The molecule has 0 saturated carbocycles. The van der Waals surface area contributed by atoms with Gasteiger partial charge in [-0.05, 0) is 68.3 Å². The van der Waals surface area contributed by atoms with E-state index in [1.165, 1.54) is 23.6 Å². The first-order valence-corrected chi connectivity index (χ1v) is 12.6. The van der Waals surface area contributed by atoms with Gasteiger partial charge in [-0.2, -0.15) is 5.10 Å². The van der Waals surface area contributed by atoms with E-state index in [0.717, 1.165) is 17.8 Å². The summed E-state index contributed by atoms with van der Waals surface area (Å²) in [5.41, 5.74) is 4.19. The number of hydrogen-bond donors (Lipinski definition) is 2. The average molecular weight is 532 g/mol. The number of aromatic nitrogens is 4. The summed E-state index contributed by atoms with van der Waals surface area (Å²) in [6.45, 7) is 6.23. The predicted octanol–water partition coefficient (Wildman–Crippen LogP) is 2.80. The highest BCUT2D eigenvalue weighted by Gasteiger charge is 2.29. The van der Waals surface area contributed by atoms with Gasteiger partial charge < -0.3 is 15.5 Å². The zero-order chi connectivity index (χ0) is 28.0. The smallest absolute Gasteiger partial charge is 0.338 e. The molecule has 2 aromatic heterocycles. The number of carbonyl (C=O) groups is 2. The predicted molar refractivity (Wildman–Crippen MR) is 145 cm³/mol. The molecule has 0 radical (unpaired) electrons. The van der Waals surface area contributed by atoms with E-state index in [9.17, 15) is 18.8 Å². The number of hydrogen-bond acceptors (Lipinski definition) is 5. The van der Waals surface area contributed by atoms with Gasteiger partial charge in [0.25, 0.3) is 0 Å². The lowest BCUT2D eigenvalue weighted by atomic mass is 10.0. The minimum atomic E-state index is -0.747. The normalized spacial score (nSPS) is 14.7. The highest BCUT2D eigenvalue weighted by molar-refractivity contribution is 6.39. The molecule has 1 aliphatic rings. The number of aryl methyl sites for hydroxylation is 2. The molecule has 5 rings (SSSR count). The Kier molecular flexibility index (Phi) is 6.69. The summed E-state index contributed by atoms with van der Waals surface area (Å²) < 4.78 is 19.2. The van der Waals surface area contributed by atoms with Crippen LogP contribution in [0, 0.1) is 19.7 Å². The Morgan fingerprint density at radius 1 is 1.05 bits per heavy atom. The highest BCUT2D eigenvalue weighted by Crippen LogP contribution is 2.31. The molecule has 0 bridgehead atoms. The quantitative estimate of drug-likeness (QED) is 0.394. The lowest BCUT2D eigenvalue weighted by Crippen LogP contribution is -2.34. The number of carbonyl (C=O) groups excluding carboxylic acids is 2. The second-order valence-electron chi connectivity index (χ2n) is 9.94. The number of imidazole rings is 1. The van der Waals surface area contributed by atoms with Crippen LogP contribution in [-0.2, 0) is 16.0 Å². The number of anilines is 1. The number of fused-ring (bicyclic) bond motifs is 1. The summed E-state index contributed by atoms with van der Waals surface area (Å²) in [6.07, 6.45) is 4.06. The molecular weight excluding hydrogens is 501 g/mol. The van der Waals surface area contributed by atoms with Gasteiger partial charge in [0.15, 0.2) is 0 Å². The SMILES string of the molecule is Cc1cc(-n2nc3c(c2-n2ccn(-c4ccc(NC(=O)C(=O)N(C)C)cc4)c2=O)[C@H](C)NCC3)cc(C)c1F. The zero-order valence-electron chi connectivity index (χ0n) is 22.4. The molecule has 0 spiro atoms. The van der Waals surface area contributed by atoms with Crippen molar-refractivity contribution in [3.05, 3.63) is 87.5 Å². The van der Waals surface area contributed by atoms with Crippen molar-refractivity contribution in [3.8, 4) is 17.2 Å². The van der Waals surface area contributed by atoms with E-state index in [2.05, 4.69) is 10.6 Å². The molecule has 2 aromatic carbocycles. The minimum Gasteiger partial charge on any atom is -0.341 e. The molecule has 2 N–H and O–H groups in total. The van der Waals surface area contributed by atoms with Crippen molar-refractivity contribution in [2.75, 3.05) is 26.0 Å². The van der Waals surface area contributed by atoms with E-state index >= 15 is 0 Å². The molecule has 0 unspecified atom stereocenters. The van der Waals surface area contributed by atoms with Crippen molar-refractivity contribution in [1.29, 1.82) is 0 Å². The fraction of sp³-hybridized carbons (Fsp3) is 0.286. The van der Waals surface area contributed by atoms with Crippen LogP contribution >= 0.6 is 0 Å². The second-order valence-corrected chi connectivity index (χ2v) is 9.94. The number of likely N-dealkylation sites (N-methyl/N-ethyl adjacent to an activating group) is 1. The maximum absolute atomic E-state index is 14.4. The Morgan fingerprint density at radius 3 is 2.33 bits per heavy atom. The summed E-state index contributed by atoms with van der Waals surface area (Å²) in [5, 5.41) is 10.9. The van der Waals surface area contributed by atoms with E-state index in [0.29, 0.717) is 40.4 Å². The van der Waals surface area contributed by atoms with Gasteiger partial charge in [0.05, 0.1) is 17.1 Å². The van der Waals surface area contributed by atoms with Crippen molar-refractivity contribution >= 4 is 17.5 Å². The van der Waals surface area contributed by atoms with Gasteiger partial charge in [0.1, 0.15) is 11.6 Å². The first-order chi connectivity index (χ1) is 18.6. The van der Waals surface area contributed by atoms with Gasteiger partial charge in [-0.3, -0.25) is 18.7 Å². The van der Waals surface area contributed by atoms with Crippen LogP contribution < -0.4 is 16.3 Å². The number of halogens is 1. The maximum atomic E-state index is 14.4. The zero-order valence-corrected chi connectivity index (χ0v) is 22.4. The summed E-state index contributed by atoms with van der Waals surface area (Å²) >= 11 is 0. The molecule has 1 atom stereocenters. The fourth-order valence-electron chi connectivity index (χ4n) is 4.89. The maximum Gasteiger partial charge on any atom is 0.338 e. The van der Waals surface area contributed by atoms with Crippen molar-refractivity contribution in [3.63, 3.8) is 0 Å². The van der Waals surface area contributed by atoms with E-state index in [-0.39, 0.29) is 17.5 Å². The Balaban J connectivity index is 1.56. The standard InChI is InChI=1S/C28H30FN7O3/c1-16-14-21(15-17(2)24(16)29)36-26(23-18(3)30-11-10-22(23)32-36)35-13-12-34(28(35)39)20-8-6-19(7-9-20)31-25(37)27(38)33(4)5/h6-9,12-15,18,30H,10-11H2,1-5H3,(H,31,37)/t18-/m0/s1. The van der Waals surface area contributed by atoms with Crippen LogP contribution in [0.2, 0.25) is 0 Å². The minimum absolute atomic E-state index is 0.0387. The molecule has 3 heterocycles. The third-order valence-electron chi connectivity index (χ3n) is 6.89. The van der Waals surface area contributed by atoms with Crippen molar-refractivity contribution in [1.82, 2.24) is 29.1 Å². The summed E-state index contributed by atoms with van der Waals surface area (Å²) in [4.78, 5) is 38.8. The lowest BCUT2D eigenvalue weighted by molar-refractivity contribution is -0.141. The molecule has 2 amide bonds. The third-order valence-corrected chi connectivity index (χ3v) is 6.89. The van der Waals surface area contributed by atoms with Crippen molar-refractivity contribution < 1.29 is 14.0 Å². The van der Waals surface area contributed by atoms with Crippen LogP contribution in [0.3, 0.4) is 0 Å². The Hall–Kier alpha value is -4.51. The highest BCUT2D eigenvalue weighted by atomic mass is 19.1. The number of amides is 2. The van der Waals surface area contributed by atoms with Gasteiger partial charge in [0, 0.05) is 56.7 Å². The molecule has 10 nitrogen and oxygen atoms in total. The summed E-state index contributed by atoms with van der Waals surface area (Å²) in [5.74, 6) is -1.07. The molecule has 0 saturated heterocycles. The summed E-state index contributed by atoms with van der Waals surface area (Å²) in [6, 6.07) is 10.1. The topological polar surface area (TPSA) is 106 Å². The molecule has 39 heavy (non-hydrogen) atoms. The van der Waals surface area contributed by atoms with Gasteiger partial charge in [-0.1, -0.05) is 0 Å². The van der Waals surface area contributed by atoms with E-state index < -0.39 is 11.8 Å². The third kappa shape index (κ3) is 4.65. The molecular formula is C28H30FN7O3. The Morgan fingerprint density at radius 2 is 1.69 bits per heavy atom. The average Bonchev–Trinajstić information content (AvgIpc) is 3.48. The first-order valence-electron chi connectivity index (χ1n) is 12.6. The van der Waals surface area contributed by atoms with Gasteiger partial charge in [0.2, 0.25) is 0 Å². The van der Waals surface area contributed by atoms with Crippen LogP contribution in [0.25, 0.3) is 17.2 Å². The lowest BCUT2D eigenvalue weighted by Gasteiger charge is -2.21. The van der Waals surface area contributed by atoms with Crippen LogP contribution in [0.5, 0.6) is 0 Å².